The first-order valence-electron chi connectivity index (χ1n) is 4.90. The fraction of sp³-hybridized carbons (Fsp3) is 0.300. The van der Waals surface area contributed by atoms with Crippen LogP contribution in [0.2, 0.25) is 0 Å². The molecule has 1 unspecified atom stereocenters. The van der Waals surface area contributed by atoms with Gasteiger partial charge in [-0.3, -0.25) is 9.82 Å². The van der Waals surface area contributed by atoms with Crippen molar-refractivity contribution in [3.63, 3.8) is 0 Å². The van der Waals surface area contributed by atoms with Crippen LogP contribution in [0.5, 0.6) is 0 Å². The van der Waals surface area contributed by atoms with Crippen molar-refractivity contribution in [2.24, 2.45) is 0 Å². The molecule has 17 heavy (non-hydrogen) atoms. The number of aliphatic carboxylic acids is 1. The molecule has 3 N–H and O–H groups in total. The molecule has 7 heteroatoms. The lowest BCUT2D eigenvalue weighted by Crippen LogP contribution is -2.38. The molecule has 0 bridgehead atoms. The molecule has 0 aliphatic heterocycles. The molecular formula is C10H13N3O4. The van der Waals surface area contributed by atoms with Gasteiger partial charge in [0.25, 0.3) is 0 Å². The highest BCUT2D eigenvalue weighted by atomic mass is 16.7. The predicted molar refractivity (Wildman–Crippen MR) is 57.9 cm³/mol. The highest BCUT2D eigenvalue weighted by molar-refractivity contribution is 5.73. The number of hydrogen-bond donors (Lipinski definition) is 3. The molecule has 92 valence electrons. The summed E-state index contributed by atoms with van der Waals surface area (Å²) in [5.74, 6) is -1.16. The maximum Gasteiger partial charge on any atom is 0.339 e. The Labute approximate surface area is 97.8 Å². The van der Waals surface area contributed by atoms with E-state index in [-0.39, 0.29) is 6.04 Å². The van der Waals surface area contributed by atoms with Crippen molar-refractivity contribution in [3.8, 4) is 0 Å². The van der Waals surface area contributed by atoms with Crippen molar-refractivity contribution in [1.82, 2.24) is 15.8 Å². The summed E-state index contributed by atoms with van der Waals surface area (Å²) in [5, 5.41) is 10.8. The third-order valence-corrected chi connectivity index (χ3v) is 1.84. The number of carboxylic acids is 1. The van der Waals surface area contributed by atoms with Gasteiger partial charge in [0.15, 0.2) is 6.61 Å². The number of urea groups is 1. The number of carbonyl (C=O) groups is 2. The summed E-state index contributed by atoms with van der Waals surface area (Å²) >= 11 is 0. The lowest BCUT2D eigenvalue weighted by Gasteiger charge is -2.13. The van der Waals surface area contributed by atoms with E-state index in [1.54, 1.807) is 31.3 Å². The Morgan fingerprint density at radius 2 is 2.29 bits per heavy atom. The van der Waals surface area contributed by atoms with Gasteiger partial charge in [-0.25, -0.2) is 15.1 Å². The smallest absolute Gasteiger partial charge is 0.339 e. The SMILES string of the molecule is CC(NC(=O)NOCC(=O)O)c1ccccn1. The Morgan fingerprint density at radius 3 is 2.88 bits per heavy atom. The quantitative estimate of drug-likeness (QED) is 0.648. The molecule has 1 rings (SSSR count). The van der Waals surface area contributed by atoms with Gasteiger partial charge in [-0.1, -0.05) is 6.07 Å². The summed E-state index contributed by atoms with van der Waals surface area (Å²) in [4.78, 5) is 29.8. The summed E-state index contributed by atoms with van der Waals surface area (Å²) in [6.07, 6.45) is 1.62. The lowest BCUT2D eigenvalue weighted by molar-refractivity contribution is -0.144. The van der Waals surface area contributed by atoms with Gasteiger partial charge in [0.2, 0.25) is 0 Å². The average molecular weight is 239 g/mol. The zero-order valence-electron chi connectivity index (χ0n) is 9.21. The first kappa shape index (κ1) is 12.9. The molecule has 0 saturated heterocycles. The maximum absolute atomic E-state index is 11.2. The van der Waals surface area contributed by atoms with Gasteiger partial charge in [0.05, 0.1) is 11.7 Å². The van der Waals surface area contributed by atoms with Crippen molar-refractivity contribution < 1.29 is 19.5 Å². The Kier molecular flexibility index (Phi) is 4.89. The third-order valence-electron chi connectivity index (χ3n) is 1.84. The van der Waals surface area contributed by atoms with Gasteiger partial charge < -0.3 is 10.4 Å². The summed E-state index contributed by atoms with van der Waals surface area (Å²) in [6.45, 7) is 1.16. The molecule has 0 saturated carbocycles. The van der Waals surface area contributed by atoms with Gasteiger partial charge >= 0.3 is 12.0 Å². The van der Waals surface area contributed by atoms with E-state index in [0.29, 0.717) is 5.69 Å². The maximum atomic E-state index is 11.2. The van der Waals surface area contributed by atoms with E-state index in [1.165, 1.54) is 0 Å². The monoisotopic (exact) mass is 239 g/mol. The first-order valence-corrected chi connectivity index (χ1v) is 4.90. The summed E-state index contributed by atoms with van der Waals surface area (Å²) in [7, 11) is 0. The number of hydrogen-bond acceptors (Lipinski definition) is 4. The van der Waals surface area contributed by atoms with E-state index < -0.39 is 18.6 Å². The number of nitrogens with zero attached hydrogens (tertiary/aromatic N) is 1. The highest BCUT2D eigenvalue weighted by Gasteiger charge is 2.10. The van der Waals surface area contributed by atoms with E-state index in [9.17, 15) is 9.59 Å². The van der Waals surface area contributed by atoms with Gasteiger partial charge in [0, 0.05) is 6.20 Å². The highest BCUT2D eigenvalue weighted by Crippen LogP contribution is 2.06. The van der Waals surface area contributed by atoms with Crippen LogP contribution in [-0.4, -0.2) is 28.7 Å². The van der Waals surface area contributed by atoms with Crippen LogP contribution in [-0.2, 0) is 9.63 Å². The van der Waals surface area contributed by atoms with Crippen LogP contribution in [0.25, 0.3) is 0 Å². The van der Waals surface area contributed by atoms with E-state index in [2.05, 4.69) is 15.1 Å². The van der Waals surface area contributed by atoms with Crippen LogP contribution < -0.4 is 10.8 Å². The Bertz CT molecular complexity index is 382. The van der Waals surface area contributed by atoms with Crippen molar-refractivity contribution in [2.45, 2.75) is 13.0 Å². The number of carbonyl (C=O) groups excluding carboxylic acids is 1. The van der Waals surface area contributed by atoms with Gasteiger partial charge in [-0.2, -0.15) is 0 Å². The van der Waals surface area contributed by atoms with Gasteiger partial charge in [-0.15, -0.1) is 0 Å². The number of amides is 2. The number of aromatic nitrogens is 1. The Balaban J connectivity index is 2.34. The zero-order chi connectivity index (χ0) is 12.7. The lowest BCUT2D eigenvalue weighted by atomic mass is 10.2. The number of carboxylic acid groups (broad SMARTS) is 1. The third kappa shape index (κ3) is 4.94. The van der Waals surface area contributed by atoms with E-state index in [0.717, 1.165) is 0 Å². The Hall–Kier alpha value is -2.15. The molecule has 1 atom stereocenters. The summed E-state index contributed by atoms with van der Waals surface area (Å²) in [5.41, 5.74) is 2.65. The van der Waals surface area contributed by atoms with Crippen molar-refractivity contribution >= 4 is 12.0 Å². The van der Waals surface area contributed by atoms with Crippen LogP contribution in [0.1, 0.15) is 18.7 Å². The van der Waals surface area contributed by atoms with Crippen LogP contribution in [0.3, 0.4) is 0 Å². The molecule has 0 radical (unpaired) electrons. The topological polar surface area (TPSA) is 101 Å². The molecule has 0 aliphatic rings. The molecule has 2 amide bonds. The fourth-order valence-corrected chi connectivity index (χ4v) is 1.10. The molecule has 1 aromatic rings. The van der Waals surface area contributed by atoms with Gasteiger partial charge in [0.1, 0.15) is 0 Å². The number of pyridine rings is 1. The second kappa shape index (κ2) is 6.44. The second-order valence-electron chi connectivity index (χ2n) is 3.23. The van der Waals surface area contributed by atoms with E-state index >= 15 is 0 Å². The fourth-order valence-electron chi connectivity index (χ4n) is 1.10. The molecule has 0 aliphatic carbocycles. The Morgan fingerprint density at radius 1 is 1.53 bits per heavy atom. The van der Waals surface area contributed by atoms with Crippen molar-refractivity contribution in [2.75, 3.05) is 6.61 Å². The second-order valence-corrected chi connectivity index (χ2v) is 3.23. The molecule has 1 heterocycles. The van der Waals surface area contributed by atoms with Crippen LogP contribution >= 0.6 is 0 Å². The van der Waals surface area contributed by atoms with Crippen molar-refractivity contribution in [3.05, 3.63) is 30.1 Å². The van der Waals surface area contributed by atoms with E-state index in [4.69, 9.17) is 5.11 Å². The largest absolute Gasteiger partial charge is 0.479 e. The predicted octanol–water partition coefficient (Wildman–Crippen LogP) is 0.458. The average Bonchev–Trinajstić information content (AvgIpc) is 2.29. The summed E-state index contributed by atoms with van der Waals surface area (Å²) < 4.78 is 0. The molecule has 7 nitrogen and oxygen atoms in total. The minimum Gasteiger partial charge on any atom is -0.479 e. The minimum absolute atomic E-state index is 0.301. The van der Waals surface area contributed by atoms with Crippen molar-refractivity contribution in [1.29, 1.82) is 0 Å². The van der Waals surface area contributed by atoms with Crippen LogP contribution in [0.4, 0.5) is 4.79 Å². The molecule has 0 spiro atoms. The van der Waals surface area contributed by atoms with E-state index in [1.807, 2.05) is 5.48 Å². The first-order chi connectivity index (χ1) is 8.09. The molecule has 0 fully saturated rings. The normalized spacial score (nSPS) is 11.6. The van der Waals surface area contributed by atoms with Crippen LogP contribution in [0.15, 0.2) is 24.4 Å². The number of hydroxylamine groups is 1. The number of rotatable bonds is 5. The summed E-state index contributed by atoms with van der Waals surface area (Å²) in [6, 6.07) is 4.42. The minimum atomic E-state index is -1.16. The zero-order valence-corrected chi connectivity index (χ0v) is 9.21. The molecule has 1 aromatic heterocycles. The molecule has 0 aromatic carbocycles. The van der Waals surface area contributed by atoms with Crippen LogP contribution in [0, 0.1) is 0 Å². The number of nitrogens with one attached hydrogen (secondary N) is 2. The molecular weight excluding hydrogens is 226 g/mol. The standard InChI is InChI=1S/C10H13N3O4/c1-7(8-4-2-3-5-11-8)12-10(16)13-17-6-9(14)15/h2-5,7H,6H2,1H3,(H,14,15)(H2,12,13,16). The van der Waals surface area contributed by atoms with Gasteiger partial charge in [-0.05, 0) is 19.1 Å².